The second kappa shape index (κ2) is 4.58. The zero-order valence-electron chi connectivity index (χ0n) is 9.89. The van der Waals surface area contributed by atoms with Crippen molar-refractivity contribution < 1.29 is 0 Å². The summed E-state index contributed by atoms with van der Waals surface area (Å²) in [6.07, 6.45) is 12.4. The number of rotatable bonds is 0. The highest BCUT2D eigenvalue weighted by Gasteiger charge is 2.05. The Labute approximate surface area is 102 Å². The van der Waals surface area contributed by atoms with E-state index in [1.54, 1.807) is 0 Å². The maximum Gasteiger partial charge on any atom is -0.0109 e. The molecule has 17 heavy (non-hydrogen) atoms. The summed E-state index contributed by atoms with van der Waals surface area (Å²) < 4.78 is 0. The van der Waals surface area contributed by atoms with Gasteiger partial charge in [0.15, 0.2) is 0 Å². The first-order valence-corrected chi connectivity index (χ1v) is 6.29. The summed E-state index contributed by atoms with van der Waals surface area (Å²) in [5.74, 6) is 0. The quantitative estimate of drug-likeness (QED) is 0.601. The van der Waals surface area contributed by atoms with Crippen molar-refractivity contribution >= 4 is 16.8 Å². The maximum absolute atomic E-state index is 2.29. The number of fused-ring (bicyclic) bond motifs is 3. The Hall–Kier alpha value is -1.82. The number of benzene rings is 2. The number of hydrogen-bond acceptors (Lipinski definition) is 0. The molecule has 2 aromatic carbocycles. The van der Waals surface area contributed by atoms with E-state index in [1.807, 2.05) is 0 Å². The highest BCUT2D eigenvalue weighted by atomic mass is 14.1. The molecule has 0 fully saturated rings. The van der Waals surface area contributed by atoms with E-state index in [4.69, 9.17) is 0 Å². The van der Waals surface area contributed by atoms with Crippen LogP contribution in [-0.2, 0) is 6.42 Å². The van der Waals surface area contributed by atoms with Crippen LogP contribution in [0.5, 0.6) is 0 Å². The Balaban J connectivity index is 2.25. The lowest BCUT2D eigenvalue weighted by atomic mass is 9.96. The molecule has 0 N–H and O–H groups in total. The molecule has 0 unspecified atom stereocenters. The van der Waals surface area contributed by atoms with Crippen LogP contribution < -0.4 is 0 Å². The Bertz CT molecular complexity index is 588. The van der Waals surface area contributed by atoms with E-state index in [-0.39, 0.29) is 0 Å². The minimum atomic E-state index is 1.18. The molecule has 1 aliphatic rings. The smallest absolute Gasteiger partial charge is 0.0109 e. The van der Waals surface area contributed by atoms with Crippen LogP contribution >= 0.6 is 0 Å². The minimum Gasteiger partial charge on any atom is -0.0845 e. The summed E-state index contributed by atoms with van der Waals surface area (Å²) in [6.45, 7) is 0. The summed E-state index contributed by atoms with van der Waals surface area (Å²) in [7, 11) is 0. The molecule has 0 aromatic heterocycles. The molecule has 84 valence electrons. The van der Waals surface area contributed by atoms with Crippen LogP contribution in [0.25, 0.3) is 16.8 Å². The normalized spacial score (nSPS) is 18.8. The molecule has 1 aliphatic carbocycles. The predicted octanol–water partition coefficient (Wildman–Crippen LogP) is 4.75. The molecule has 0 atom stereocenters. The molecule has 0 saturated carbocycles. The van der Waals surface area contributed by atoms with Crippen LogP contribution in [0.1, 0.15) is 24.0 Å². The zero-order chi connectivity index (χ0) is 11.5. The highest BCUT2D eigenvalue weighted by Crippen LogP contribution is 2.25. The average molecular weight is 220 g/mol. The predicted molar refractivity (Wildman–Crippen MR) is 75.1 cm³/mol. The molecule has 3 rings (SSSR count). The summed E-state index contributed by atoms with van der Waals surface area (Å²) >= 11 is 0. The van der Waals surface area contributed by atoms with E-state index >= 15 is 0 Å². The van der Waals surface area contributed by atoms with Gasteiger partial charge < -0.3 is 0 Å². The lowest BCUT2D eigenvalue weighted by Crippen LogP contribution is -1.90. The Morgan fingerprint density at radius 1 is 0.882 bits per heavy atom. The van der Waals surface area contributed by atoms with Gasteiger partial charge in [-0.1, -0.05) is 60.7 Å². The van der Waals surface area contributed by atoms with E-state index in [0.717, 1.165) is 0 Å². The molecule has 0 amide bonds. The van der Waals surface area contributed by atoms with Gasteiger partial charge in [0.2, 0.25) is 0 Å². The van der Waals surface area contributed by atoms with Gasteiger partial charge in [-0.3, -0.25) is 0 Å². The third-order valence-corrected chi connectivity index (χ3v) is 3.39. The Kier molecular flexibility index (Phi) is 2.79. The SMILES string of the molecule is C1=C\CCCc2ccc3ccccc3c2\C=C/1. The second-order valence-corrected chi connectivity index (χ2v) is 4.54. The topological polar surface area (TPSA) is 0 Å². The molecule has 0 heteroatoms. The van der Waals surface area contributed by atoms with Crippen LogP contribution in [-0.4, -0.2) is 0 Å². The lowest BCUT2D eigenvalue weighted by molar-refractivity contribution is 0.843. The van der Waals surface area contributed by atoms with Crippen molar-refractivity contribution in [1.82, 2.24) is 0 Å². The van der Waals surface area contributed by atoms with Gasteiger partial charge in [-0.2, -0.15) is 0 Å². The van der Waals surface area contributed by atoms with E-state index in [9.17, 15) is 0 Å². The van der Waals surface area contributed by atoms with E-state index in [0.29, 0.717) is 0 Å². The molecule has 0 heterocycles. The van der Waals surface area contributed by atoms with Gasteiger partial charge in [-0.25, -0.2) is 0 Å². The first kappa shape index (κ1) is 10.3. The largest absolute Gasteiger partial charge is 0.0845 e. The van der Waals surface area contributed by atoms with Crippen LogP contribution in [0.4, 0.5) is 0 Å². The Morgan fingerprint density at radius 3 is 2.82 bits per heavy atom. The molecule has 0 aliphatic heterocycles. The third-order valence-electron chi connectivity index (χ3n) is 3.39. The van der Waals surface area contributed by atoms with Gasteiger partial charge >= 0.3 is 0 Å². The molecule has 2 aromatic rings. The zero-order valence-corrected chi connectivity index (χ0v) is 9.89. The van der Waals surface area contributed by atoms with E-state index < -0.39 is 0 Å². The molecular weight excluding hydrogens is 204 g/mol. The van der Waals surface area contributed by atoms with Crippen LogP contribution in [0, 0.1) is 0 Å². The average Bonchev–Trinajstić information content (AvgIpc) is 2.50. The van der Waals surface area contributed by atoms with Gasteiger partial charge in [0.1, 0.15) is 0 Å². The van der Waals surface area contributed by atoms with Crippen LogP contribution in [0.2, 0.25) is 0 Å². The fourth-order valence-electron chi connectivity index (χ4n) is 2.49. The monoisotopic (exact) mass is 220 g/mol. The van der Waals surface area contributed by atoms with E-state index in [1.165, 1.54) is 41.2 Å². The van der Waals surface area contributed by atoms with Crippen LogP contribution in [0.3, 0.4) is 0 Å². The van der Waals surface area contributed by atoms with Crippen LogP contribution in [0.15, 0.2) is 54.6 Å². The van der Waals surface area contributed by atoms with Gasteiger partial charge in [0.25, 0.3) is 0 Å². The molecule has 0 nitrogen and oxygen atoms in total. The Morgan fingerprint density at radius 2 is 1.82 bits per heavy atom. The van der Waals surface area contributed by atoms with Gasteiger partial charge in [-0.05, 0) is 41.2 Å². The summed E-state index contributed by atoms with van der Waals surface area (Å²) in [5, 5.41) is 2.70. The fourth-order valence-corrected chi connectivity index (χ4v) is 2.49. The minimum absolute atomic E-state index is 1.18. The standard InChI is InChI=1S/C17H16/c1-2-4-8-14-12-13-15-9-6-7-11-17(15)16(14)10-5-3-1/h1,3,5-7,9-13H,2,4,8H2/b3-1-,10-5-. The van der Waals surface area contributed by atoms with Crippen molar-refractivity contribution in [2.75, 3.05) is 0 Å². The molecule has 0 saturated heterocycles. The highest BCUT2D eigenvalue weighted by molar-refractivity contribution is 5.92. The second-order valence-electron chi connectivity index (χ2n) is 4.54. The van der Waals surface area contributed by atoms with E-state index in [2.05, 4.69) is 60.7 Å². The van der Waals surface area contributed by atoms with Crippen molar-refractivity contribution in [3.8, 4) is 0 Å². The molecular formula is C17H16. The van der Waals surface area contributed by atoms with Gasteiger partial charge in [0.05, 0.1) is 0 Å². The van der Waals surface area contributed by atoms with Crippen molar-refractivity contribution in [1.29, 1.82) is 0 Å². The fraction of sp³-hybridized carbons (Fsp3) is 0.176. The summed E-state index contributed by atoms with van der Waals surface area (Å²) in [4.78, 5) is 0. The van der Waals surface area contributed by atoms with Crippen molar-refractivity contribution in [2.45, 2.75) is 19.3 Å². The molecule has 0 spiro atoms. The molecule has 0 bridgehead atoms. The van der Waals surface area contributed by atoms with Crippen molar-refractivity contribution in [2.24, 2.45) is 0 Å². The number of allylic oxidation sites excluding steroid dienone is 3. The summed E-state index contributed by atoms with van der Waals surface area (Å²) in [6, 6.07) is 13.2. The first-order valence-electron chi connectivity index (χ1n) is 6.29. The number of hydrogen-bond donors (Lipinski definition) is 0. The third kappa shape index (κ3) is 2.03. The molecule has 0 radical (unpaired) electrons. The van der Waals surface area contributed by atoms with Crippen molar-refractivity contribution in [3.05, 3.63) is 65.8 Å². The lowest BCUT2D eigenvalue weighted by Gasteiger charge is -2.09. The maximum atomic E-state index is 2.29. The van der Waals surface area contributed by atoms with Crippen molar-refractivity contribution in [3.63, 3.8) is 0 Å². The van der Waals surface area contributed by atoms with Gasteiger partial charge in [-0.15, -0.1) is 0 Å². The number of aryl methyl sites for hydroxylation is 1. The van der Waals surface area contributed by atoms with Gasteiger partial charge in [0, 0.05) is 0 Å². The summed E-state index contributed by atoms with van der Waals surface area (Å²) in [5.41, 5.74) is 2.87. The first-order chi connectivity index (χ1) is 8.45.